The van der Waals surface area contributed by atoms with Crippen molar-refractivity contribution in [2.45, 2.75) is 40.0 Å². The minimum Gasteiger partial charge on any atom is -0.0622 e. The van der Waals surface area contributed by atoms with Crippen molar-refractivity contribution < 1.29 is 0 Å². The second-order valence-electron chi connectivity index (χ2n) is 5.70. The van der Waals surface area contributed by atoms with Crippen LogP contribution in [0.15, 0.2) is 54.6 Å². The zero-order valence-electron chi connectivity index (χ0n) is 12.2. The molecule has 0 heteroatoms. The van der Waals surface area contributed by atoms with Crippen molar-refractivity contribution in [3.8, 4) is 0 Å². The zero-order valence-corrected chi connectivity index (χ0v) is 12.2. The number of benzene rings is 2. The van der Waals surface area contributed by atoms with Gasteiger partial charge in [-0.1, -0.05) is 75.4 Å². The molecule has 2 rings (SSSR count). The first-order chi connectivity index (χ1) is 8.41. The van der Waals surface area contributed by atoms with Crippen LogP contribution in [0.4, 0.5) is 0 Å². The number of aryl methyl sites for hydroxylation is 2. The van der Waals surface area contributed by atoms with Crippen LogP contribution in [-0.4, -0.2) is 0 Å². The molecule has 0 atom stereocenters. The maximum atomic E-state index is 2.22. The third kappa shape index (κ3) is 4.75. The Labute approximate surface area is 112 Å². The molecule has 0 heterocycles. The second-order valence-corrected chi connectivity index (χ2v) is 5.70. The SMILES string of the molecule is CC(C)(C)c1ccccc1.Cc1ccccc1C. The highest BCUT2D eigenvalue weighted by Crippen LogP contribution is 2.20. The monoisotopic (exact) mass is 240 g/mol. The van der Waals surface area contributed by atoms with Gasteiger partial charge in [0, 0.05) is 0 Å². The lowest BCUT2D eigenvalue weighted by atomic mass is 9.87. The van der Waals surface area contributed by atoms with Crippen molar-refractivity contribution in [2.24, 2.45) is 0 Å². The first-order valence-electron chi connectivity index (χ1n) is 6.49. The molecule has 0 aromatic heterocycles. The molecule has 0 saturated carbocycles. The molecule has 0 aliphatic heterocycles. The van der Waals surface area contributed by atoms with E-state index < -0.39 is 0 Å². The van der Waals surface area contributed by atoms with Crippen molar-refractivity contribution in [3.63, 3.8) is 0 Å². The molecule has 0 aliphatic rings. The van der Waals surface area contributed by atoms with Crippen molar-refractivity contribution >= 4 is 0 Å². The fourth-order valence-electron chi connectivity index (χ4n) is 1.60. The number of rotatable bonds is 0. The van der Waals surface area contributed by atoms with Crippen molar-refractivity contribution in [1.82, 2.24) is 0 Å². The summed E-state index contributed by atoms with van der Waals surface area (Å²) < 4.78 is 0. The van der Waals surface area contributed by atoms with Gasteiger partial charge in [-0.2, -0.15) is 0 Å². The van der Waals surface area contributed by atoms with Gasteiger partial charge < -0.3 is 0 Å². The quantitative estimate of drug-likeness (QED) is 0.587. The molecule has 18 heavy (non-hydrogen) atoms. The molecule has 96 valence electrons. The first kappa shape index (κ1) is 14.5. The predicted molar refractivity (Wildman–Crippen MR) is 81.1 cm³/mol. The molecule has 0 aliphatic carbocycles. The molecular formula is C18H24. The van der Waals surface area contributed by atoms with Crippen LogP contribution in [-0.2, 0) is 5.41 Å². The van der Waals surface area contributed by atoms with Gasteiger partial charge in [-0.05, 0) is 36.0 Å². The van der Waals surface area contributed by atoms with E-state index in [4.69, 9.17) is 0 Å². The van der Waals surface area contributed by atoms with E-state index in [9.17, 15) is 0 Å². The van der Waals surface area contributed by atoms with Gasteiger partial charge in [0.05, 0.1) is 0 Å². The molecule has 0 bridgehead atoms. The van der Waals surface area contributed by atoms with Gasteiger partial charge in [-0.3, -0.25) is 0 Å². The van der Waals surface area contributed by atoms with Crippen LogP contribution >= 0.6 is 0 Å². The van der Waals surface area contributed by atoms with Crippen LogP contribution in [0.25, 0.3) is 0 Å². The van der Waals surface area contributed by atoms with Crippen LogP contribution in [0.2, 0.25) is 0 Å². The summed E-state index contributed by atoms with van der Waals surface area (Å²) in [6.07, 6.45) is 0. The standard InChI is InChI=1S/C10H14.C8H10/c1-10(2,3)9-7-5-4-6-8-9;1-7-5-3-4-6-8(7)2/h4-8H,1-3H3;3-6H,1-2H3. The van der Waals surface area contributed by atoms with E-state index in [1.807, 2.05) is 0 Å². The Balaban J connectivity index is 0.000000184. The van der Waals surface area contributed by atoms with Crippen molar-refractivity contribution in [3.05, 3.63) is 71.3 Å². The minimum absolute atomic E-state index is 0.293. The van der Waals surface area contributed by atoms with Crippen LogP contribution in [0, 0.1) is 13.8 Å². The molecular weight excluding hydrogens is 216 g/mol. The van der Waals surface area contributed by atoms with Crippen LogP contribution in [0.1, 0.15) is 37.5 Å². The summed E-state index contributed by atoms with van der Waals surface area (Å²) in [7, 11) is 0. The average Bonchev–Trinajstić information content (AvgIpc) is 2.34. The zero-order chi connectivity index (χ0) is 13.6. The maximum absolute atomic E-state index is 2.22. The average molecular weight is 240 g/mol. The van der Waals surface area contributed by atoms with E-state index in [1.54, 1.807) is 0 Å². The summed E-state index contributed by atoms with van der Waals surface area (Å²) in [5, 5.41) is 0. The normalized spacial score (nSPS) is 10.5. The second kappa shape index (κ2) is 6.39. The fraction of sp³-hybridized carbons (Fsp3) is 0.333. The van der Waals surface area contributed by atoms with Crippen molar-refractivity contribution in [2.75, 3.05) is 0 Å². The van der Waals surface area contributed by atoms with Gasteiger partial charge in [-0.15, -0.1) is 0 Å². The lowest BCUT2D eigenvalue weighted by Gasteiger charge is -2.18. The summed E-state index contributed by atoms with van der Waals surface area (Å²) in [4.78, 5) is 0. The van der Waals surface area contributed by atoms with E-state index in [2.05, 4.69) is 89.2 Å². The maximum Gasteiger partial charge on any atom is -0.0132 e. The molecule has 0 N–H and O–H groups in total. The Bertz CT molecular complexity index is 440. The topological polar surface area (TPSA) is 0 Å². The molecule has 0 spiro atoms. The number of hydrogen-bond acceptors (Lipinski definition) is 0. The fourth-order valence-corrected chi connectivity index (χ4v) is 1.60. The highest BCUT2D eigenvalue weighted by molar-refractivity contribution is 5.23. The van der Waals surface area contributed by atoms with E-state index in [0.29, 0.717) is 5.41 Å². The molecule has 2 aromatic rings. The molecule has 0 nitrogen and oxygen atoms in total. The lowest BCUT2D eigenvalue weighted by Crippen LogP contribution is -2.10. The molecule has 0 amide bonds. The van der Waals surface area contributed by atoms with Gasteiger partial charge in [0.15, 0.2) is 0 Å². The van der Waals surface area contributed by atoms with E-state index >= 15 is 0 Å². The Kier molecular flexibility index (Phi) is 5.15. The Morgan fingerprint density at radius 2 is 1.00 bits per heavy atom. The summed E-state index contributed by atoms with van der Waals surface area (Å²) in [5.41, 5.74) is 4.43. The Morgan fingerprint density at radius 1 is 0.611 bits per heavy atom. The first-order valence-corrected chi connectivity index (χ1v) is 6.49. The van der Waals surface area contributed by atoms with Crippen LogP contribution in [0.5, 0.6) is 0 Å². The summed E-state index contributed by atoms with van der Waals surface area (Å²) in [6, 6.07) is 18.9. The highest BCUT2D eigenvalue weighted by Gasteiger charge is 2.11. The summed E-state index contributed by atoms with van der Waals surface area (Å²) in [5.74, 6) is 0. The number of hydrogen-bond donors (Lipinski definition) is 0. The largest absolute Gasteiger partial charge is 0.0622 e. The minimum atomic E-state index is 0.293. The smallest absolute Gasteiger partial charge is 0.0132 e. The van der Waals surface area contributed by atoms with Crippen LogP contribution in [0.3, 0.4) is 0 Å². The van der Waals surface area contributed by atoms with Gasteiger partial charge in [0.25, 0.3) is 0 Å². The predicted octanol–water partition coefficient (Wildman–Crippen LogP) is 5.29. The van der Waals surface area contributed by atoms with Gasteiger partial charge >= 0.3 is 0 Å². The third-order valence-electron chi connectivity index (χ3n) is 3.07. The van der Waals surface area contributed by atoms with E-state index in [-0.39, 0.29) is 0 Å². The molecule has 0 unspecified atom stereocenters. The van der Waals surface area contributed by atoms with E-state index in [1.165, 1.54) is 16.7 Å². The molecule has 0 saturated heterocycles. The summed E-state index contributed by atoms with van der Waals surface area (Å²) in [6.45, 7) is 10.9. The van der Waals surface area contributed by atoms with Crippen molar-refractivity contribution in [1.29, 1.82) is 0 Å². The third-order valence-corrected chi connectivity index (χ3v) is 3.07. The molecule has 0 fully saturated rings. The van der Waals surface area contributed by atoms with Gasteiger partial charge in [0.2, 0.25) is 0 Å². The molecule has 2 aromatic carbocycles. The van der Waals surface area contributed by atoms with Gasteiger partial charge in [0.1, 0.15) is 0 Å². The molecule has 0 radical (unpaired) electrons. The Morgan fingerprint density at radius 3 is 1.28 bits per heavy atom. The Hall–Kier alpha value is -1.56. The van der Waals surface area contributed by atoms with E-state index in [0.717, 1.165) is 0 Å². The van der Waals surface area contributed by atoms with Crippen LogP contribution < -0.4 is 0 Å². The highest BCUT2D eigenvalue weighted by atomic mass is 14.2. The summed E-state index contributed by atoms with van der Waals surface area (Å²) >= 11 is 0. The lowest BCUT2D eigenvalue weighted by molar-refractivity contribution is 0.590. The van der Waals surface area contributed by atoms with Gasteiger partial charge in [-0.25, -0.2) is 0 Å².